The van der Waals surface area contributed by atoms with Crippen molar-refractivity contribution in [2.24, 2.45) is 0 Å². The molecule has 4 nitrogen and oxygen atoms in total. The van der Waals surface area contributed by atoms with Crippen LogP contribution in [-0.2, 0) is 9.53 Å². The van der Waals surface area contributed by atoms with Crippen molar-refractivity contribution in [3.8, 4) is 0 Å². The summed E-state index contributed by atoms with van der Waals surface area (Å²) in [5.74, 6) is -0.194. The van der Waals surface area contributed by atoms with Crippen LogP contribution < -0.4 is 5.32 Å². The van der Waals surface area contributed by atoms with E-state index < -0.39 is 0 Å². The molecule has 0 saturated heterocycles. The first kappa shape index (κ1) is 19.6. The Kier molecular flexibility index (Phi) is 9.48. The molecule has 0 aliphatic heterocycles. The minimum absolute atomic E-state index is 0.00540. The first-order valence-electron chi connectivity index (χ1n) is 8.39. The number of nitrogens with zero attached hydrogens (tertiary/aromatic N) is 1. The van der Waals surface area contributed by atoms with Crippen LogP contribution in [0, 0.1) is 5.82 Å². The molecule has 1 aromatic rings. The van der Waals surface area contributed by atoms with Crippen LogP contribution in [0.3, 0.4) is 0 Å². The van der Waals surface area contributed by atoms with E-state index in [9.17, 15) is 9.18 Å². The van der Waals surface area contributed by atoms with E-state index in [1.807, 2.05) is 6.92 Å². The van der Waals surface area contributed by atoms with Gasteiger partial charge in [-0.25, -0.2) is 4.39 Å². The molecule has 0 heterocycles. The SMILES string of the molecule is CCN(CC)CCOCCNC(=O)CC(C)c1ccc(F)cc1. The number of carbonyl (C=O) groups is 1. The summed E-state index contributed by atoms with van der Waals surface area (Å²) in [6.07, 6.45) is 0.394. The highest BCUT2D eigenvalue weighted by atomic mass is 19.1. The third-order valence-corrected chi connectivity index (χ3v) is 3.95. The number of amides is 1. The molecule has 0 spiro atoms. The Hall–Kier alpha value is -1.46. The molecule has 0 aliphatic carbocycles. The number of hydrogen-bond donors (Lipinski definition) is 1. The second kappa shape index (κ2) is 11.1. The van der Waals surface area contributed by atoms with Crippen LogP contribution in [0.1, 0.15) is 38.7 Å². The van der Waals surface area contributed by atoms with Crippen molar-refractivity contribution < 1.29 is 13.9 Å². The van der Waals surface area contributed by atoms with Gasteiger partial charge in [0, 0.05) is 19.5 Å². The van der Waals surface area contributed by atoms with Crippen LogP contribution in [0.2, 0.25) is 0 Å². The van der Waals surface area contributed by atoms with Gasteiger partial charge in [0.25, 0.3) is 0 Å². The van der Waals surface area contributed by atoms with Crippen LogP contribution in [-0.4, -0.2) is 50.2 Å². The van der Waals surface area contributed by atoms with Crippen molar-refractivity contribution in [2.45, 2.75) is 33.1 Å². The fraction of sp³-hybridized carbons (Fsp3) is 0.611. The molecule has 0 saturated carbocycles. The molecule has 0 radical (unpaired) electrons. The van der Waals surface area contributed by atoms with Gasteiger partial charge in [-0.3, -0.25) is 4.79 Å². The van der Waals surface area contributed by atoms with Crippen molar-refractivity contribution in [2.75, 3.05) is 39.4 Å². The fourth-order valence-corrected chi connectivity index (χ4v) is 2.36. The van der Waals surface area contributed by atoms with Crippen LogP contribution in [0.15, 0.2) is 24.3 Å². The molecule has 1 rings (SSSR count). The average molecular weight is 324 g/mol. The van der Waals surface area contributed by atoms with Gasteiger partial charge < -0.3 is 15.0 Å². The van der Waals surface area contributed by atoms with Crippen molar-refractivity contribution in [3.05, 3.63) is 35.6 Å². The molecule has 1 aromatic carbocycles. The Morgan fingerprint density at radius 1 is 1.22 bits per heavy atom. The number of ether oxygens (including phenoxy) is 1. The molecule has 0 aromatic heterocycles. The van der Waals surface area contributed by atoms with Crippen LogP contribution in [0.4, 0.5) is 4.39 Å². The van der Waals surface area contributed by atoms with E-state index in [2.05, 4.69) is 24.1 Å². The highest BCUT2D eigenvalue weighted by molar-refractivity contribution is 5.76. The molecule has 1 N–H and O–H groups in total. The van der Waals surface area contributed by atoms with Crippen molar-refractivity contribution in [1.29, 1.82) is 0 Å². The van der Waals surface area contributed by atoms with E-state index in [-0.39, 0.29) is 17.6 Å². The third kappa shape index (κ3) is 8.09. The highest BCUT2D eigenvalue weighted by Crippen LogP contribution is 2.18. The number of rotatable bonds is 11. The Bertz CT molecular complexity index is 447. The molecule has 23 heavy (non-hydrogen) atoms. The molecule has 130 valence electrons. The van der Waals surface area contributed by atoms with E-state index in [0.717, 1.165) is 25.2 Å². The van der Waals surface area contributed by atoms with E-state index in [1.54, 1.807) is 12.1 Å². The largest absolute Gasteiger partial charge is 0.378 e. The smallest absolute Gasteiger partial charge is 0.220 e. The van der Waals surface area contributed by atoms with Gasteiger partial charge in [0.1, 0.15) is 5.82 Å². The molecule has 0 bridgehead atoms. The number of nitrogens with one attached hydrogen (secondary N) is 1. The molecule has 0 aliphatic rings. The second-order valence-corrected chi connectivity index (χ2v) is 5.65. The lowest BCUT2D eigenvalue weighted by atomic mass is 9.97. The van der Waals surface area contributed by atoms with Gasteiger partial charge in [0.15, 0.2) is 0 Å². The topological polar surface area (TPSA) is 41.6 Å². The van der Waals surface area contributed by atoms with Gasteiger partial charge in [-0.05, 0) is 36.7 Å². The molecular weight excluding hydrogens is 295 g/mol. The van der Waals surface area contributed by atoms with Crippen LogP contribution >= 0.6 is 0 Å². The lowest BCUT2D eigenvalue weighted by Crippen LogP contribution is -2.30. The first-order valence-corrected chi connectivity index (χ1v) is 8.39. The summed E-state index contributed by atoms with van der Waals surface area (Å²) >= 11 is 0. The van der Waals surface area contributed by atoms with Crippen molar-refractivity contribution in [3.63, 3.8) is 0 Å². The average Bonchev–Trinajstić information content (AvgIpc) is 2.54. The Morgan fingerprint density at radius 3 is 2.48 bits per heavy atom. The lowest BCUT2D eigenvalue weighted by Gasteiger charge is -2.17. The summed E-state index contributed by atoms with van der Waals surface area (Å²) in [6.45, 7) is 10.9. The van der Waals surface area contributed by atoms with Crippen molar-refractivity contribution >= 4 is 5.91 Å². The quantitative estimate of drug-likeness (QED) is 0.637. The molecule has 5 heteroatoms. The third-order valence-electron chi connectivity index (χ3n) is 3.95. The number of halogens is 1. The van der Waals surface area contributed by atoms with E-state index in [4.69, 9.17) is 4.74 Å². The normalized spacial score (nSPS) is 12.4. The minimum atomic E-state index is -0.257. The van der Waals surface area contributed by atoms with Gasteiger partial charge in [0.2, 0.25) is 5.91 Å². The van der Waals surface area contributed by atoms with Crippen LogP contribution in [0.5, 0.6) is 0 Å². The summed E-state index contributed by atoms with van der Waals surface area (Å²) in [7, 11) is 0. The molecule has 1 atom stereocenters. The maximum absolute atomic E-state index is 12.9. The number of likely N-dealkylation sites (N-methyl/N-ethyl adjacent to an activating group) is 1. The van der Waals surface area contributed by atoms with E-state index >= 15 is 0 Å². The summed E-state index contributed by atoms with van der Waals surface area (Å²) in [5, 5.41) is 2.86. The monoisotopic (exact) mass is 324 g/mol. The maximum Gasteiger partial charge on any atom is 0.220 e. The number of hydrogen-bond acceptors (Lipinski definition) is 3. The predicted octanol–water partition coefficient (Wildman–Crippen LogP) is 2.79. The Balaban J connectivity index is 2.13. The van der Waals surface area contributed by atoms with Gasteiger partial charge in [0.05, 0.1) is 13.2 Å². The minimum Gasteiger partial charge on any atom is -0.378 e. The van der Waals surface area contributed by atoms with Gasteiger partial charge in [-0.1, -0.05) is 32.9 Å². The summed E-state index contributed by atoms with van der Waals surface area (Å²) in [5.41, 5.74) is 0.969. The number of benzene rings is 1. The zero-order valence-electron chi connectivity index (χ0n) is 14.5. The van der Waals surface area contributed by atoms with E-state index in [0.29, 0.717) is 26.2 Å². The fourth-order valence-electron chi connectivity index (χ4n) is 2.36. The number of carbonyl (C=O) groups excluding carboxylic acids is 1. The van der Waals surface area contributed by atoms with Crippen LogP contribution in [0.25, 0.3) is 0 Å². The standard InChI is InChI=1S/C18H29FN2O2/c1-4-21(5-2)11-13-23-12-10-20-18(22)14-15(3)16-6-8-17(19)9-7-16/h6-9,15H,4-5,10-14H2,1-3H3,(H,20,22). The molecular formula is C18H29FN2O2. The van der Waals surface area contributed by atoms with Gasteiger partial charge in [-0.15, -0.1) is 0 Å². The highest BCUT2D eigenvalue weighted by Gasteiger charge is 2.11. The maximum atomic E-state index is 12.9. The van der Waals surface area contributed by atoms with Crippen molar-refractivity contribution in [1.82, 2.24) is 10.2 Å². The second-order valence-electron chi connectivity index (χ2n) is 5.65. The zero-order valence-corrected chi connectivity index (χ0v) is 14.5. The molecule has 1 amide bonds. The summed E-state index contributed by atoms with van der Waals surface area (Å²) in [6, 6.07) is 6.30. The summed E-state index contributed by atoms with van der Waals surface area (Å²) < 4.78 is 18.4. The van der Waals surface area contributed by atoms with Gasteiger partial charge in [-0.2, -0.15) is 0 Å². The van der Waals surface area contributed by atoms with Gasteiger partial charge >= 0.3 is 0 Å². The molecule has 1 unspecified atom stereocenters. The Morgan fingerprint density at radius 2 is 1.87 bits per heavy atom. The molecule has 0 fully saturated rings. The lowest BCUT2D eigenvalue weighted by molar-refractivity contribution is -0.121. The predicted molar refractivity (Wildman–Crippen MR) is 91.0 cm³/mol. The summed E-state index contributed by atoms with van der Waals surface area (Å²) in [4.78, 5) is 14.2. The first-order chi connectivity index (χ1) is 11.1. The van der Waals surface area contributed by atoms with E-state index in [1.165, 1.54) is 12.1 Å². The zero-order chi connectivity index (χ0) is 17.1. The Labute approximate surface area is 139 Å².